The second kappa shape index (κ2) is 52.1. The highest BCUT2D eigenvalue weighted by Gasteiger charge is 2.21. The molecule has 1 heterocycles. The van der Waals surface area contributed by atoms with Crippen LogP contribution >= 0.6 is 21.6 Å². The van der Waals surface area contributed by atoms with E-state index in [-0.39, 0.29) is 36.3 Å². The molecule has 0 aromatic carbocycles. The molecule has 476 valence electrons. The number of piperazine rings is 1. The predicted molar refractivity (Wildman–Crippen MR) is 326 cm³/mol. The van der Waals surface area contributed by atoms with E-state index in [1.54, 1.807) is 0 Å². The number of esters is 5. The first kappa shape index (κ1) is 76.7. The van der Waals surface area contributed by atoms with E-state index < -0.39 is 24.4 Å². The van der Waals surface area contributed by atoms with Crippen molar-refractivity contribution in [2.45, 2.75) is 226 Å². The molecule has 1 fully saturated rings. The number of aliphatic hydroxyl groups excluding tert-OH is 4. The second-order valence-corrected chi connectivity index (χ2v) is 25.8. The first-order chi connectivity index (χ1) is 39.0. The van der Waals surface area contributed by atoms with Crippen LogP contribution < -0.4 is 0 Å². The van der Waals surface area contributed by atoms with Crippen LogP contribution in [0.3, 0.4) is 0 Å². The zero-order chi connectivity index (χ0) is 59.7. The molecule has 1 saturated heterocycles. The van der Waals surface area contributed by atoms with Crippen LogP contribution in [0.1, 0.15) is 202 Å². The summed E-state index contributed by atoms with van der Waals surface area (Å²) in [4.78, 5) is 70.0. The fraction of sp³-hybridized carbons (Fsp3) is 0.918. The SMILES string of the molecule is CCCCOC(=O)CCCCC(O)CN(CCCC(=O)OCCN1CCN(CCSSCCCN(CC(O)CCCCC(=O)OCCC(C)C)CC(O)CCCCC(=O)OCCC(C)C)CC1)CC(O)CCCCC(=O)OCCCC. The summed E-state index contributed by atoms with van der Waals surface area (Å²) in [5.41, 5.74) is 0. The van der Waals surface area contributed by atoms with Gasteiger partial charge in [0, 0.05) is 109 Å². The average Bonchev–Trinajstić information content (AvgIpc) is 3.41. The Morgan fingerprint density at radius 3 is 1.09 bits per heavy atom. The summed E-state index contributed by atoms with van der Waals surface area (Å²) in [5, 5.41) is 43.8. The van der Waals surface area contributed by atoms with Crippen molar-refractivity contribution < 1.29 is 68.1 Å². The first-order valence-corrected chi connectivity index (χ1v) is 34.1. The van der Waals surface area contributed by atoms with Gasteiger partial charge in [-0.05, 0) is 115 Å². The summed E-state index contributed by atoms with van der Waals surface area (Å²) >= 11 is 0. The number of unbranched alkanes of at least 4 members (excludes halogenated alkanes) is 6. The van der Waals surface area contributed by atoms with E-state index in [1.165, 1.54) is 0 Å². The van der Waals surface area contributed by atoms with Gasteiger partial charge in [-0.2, -0.15) is 0 Å². The fourth-order valence-electron chi connectivity index (χ4n) is 9.11. The number of aliphatic hydroxyl groups is 4. The summed E-state index contributed by atoms with van der Waals surface area (Å²) < 4.78 is 26.8. The molecule has 4 atom stereocenters. The summed E-state index contributed by atoms with van der Waals surface area (Å²) in [6.07, 6.45) is 13.5. The van der Waals surface area contributed by atoms with Gasteiger partial charge in [-0.3, -0.25) is 43.6 Å². The van der Waals surface area contributed by atoms with Gasteiger partial charge in [-0.15, -0.1) is 0 Å². The average molecular weight is 1190 g/mol. The summed E-state index contributed by atoms with van der Waals surface area (Å²) in [7, 11) is 3.73. The number of nitrogens with zero attached hydrogens (tertiary/aromatic N) is 4. The van der Waals surface area contributed by atoms with Crippen molar-refractivity contribution in [2.75, 3.05) is 123 Å². The number of ether oxygens (including phenoxy) is 5. The Bertz CT molecular complexity index is 1480. The van der Waals surface area contributed by atoms with Gasteiger partial charge >= 0.3 is 29.8 Å². The Labute approximate surface area is 498 Å². The van der Waals surface area contributed by atoms with Gasteiger partial charge in [0.15, 0.2) is 0 Å². The fourth-order valence-corrected chi connectivity index (χ4v) is 11.2. The van der Waals surface area contributed by atoms with Crippen LogP contribution in [0.25, 0.3) is 0 Å². The molecule has 1 aliphatic heterocycles. The van der Waals surface area contributed by atoms with Gasteiger partial charge in [0.1, 0.15) is 6.61 Å². The van der Waals surface area contributed by atoms with E-state index >= 15 is 0 Å². The molecule has 4 unspecified atom stereocenters. The lowest BCUT2D eigenvalue weighted by Crippen LogP contribution is -2.47. The van der Waals surface area contributed by atoms with E-state index in [0.717, 1.165) is 109 Å². The maximum atomic E-state index is 12.8. The summed E-state index contributed by atoms with van der Waals surface area (Å²) in [6.45, 7) is 22.8. The zero-order valence-electron chi connectivity index (χ0n) is 51.6. The van der Waals surface area contributed by atoms with Crippen LogP contribution in [-0.2, 0) is 47.7 Å². The van der Waals surface area contributed by atoms with Crippen LogP contribution in [0.15, 0.2) is 0 Å². The van der Waals surface area contributed by atoms with E-state index in [1.807, 2.05) is 40.3 Å². The molecule has 4 N–H and O–H groups in total. The van der Waals surface area contributed by atoms with Crippen LogP contribution in [0.2, 0.25) is 0 Å². The highest BCUT2D eigenvalue weighted by molar-refractivity contribution is 8.76. The standard InChI is InChI=1S/C61H116N4O14S2/c1-7-9-40-75-57(70)25-15-11-21-53(66)47-64(48-54(67)22-12-16-26-58(71)76-41-10-8-2)32-19-29-61(74)79-44-38-62-34-36-63(37-35-62)39-46-81-80-45-20-33-65(49-55(68)23-13-17-27-59(72)77-42-30-51(3)4)50-56(69)24-14-18-28-60(73)78-43-31-52(5)6/h51-56,66-69H,7-50H2,1-6H3. The molecule has 1 rings (SSSR count). The number of hydrogen-bond donors (Lipinski definition) is 4. The van der Waals surface area contributed by atoms with Gasteiger partial charge < -0.3 is 44.1 Å². The maximum absolute atomic E-state index is 12.8. The summed E-state index contributed by atoms with van der Waals surface area (Å²) in [6, 6.07) is 0. The molecular weight excluding hydrogens is 1080 g/mol. The van der Waals surface area contributed by atoms with Crippen LogP contribution in [0.4, 0.5) is 0 Å². The van der Waals surface area contributed by atoms with Crippen molar-refractivity contribution >= 4 is 51.4 Å². The largest absolute Gasteiger partial charge is 0.466 e. The van der Waals surface area contributed by atoms with Gasteiger partial charge in [0.2, 0.25) is 0 Å². The lowest BCUT2D eigenvalue weighted by atomic mass is 10.1. The minimum atomic E-state index is -0.648. The smallest absolute Gasteiger partial charge is 0.305 e. The van der Waals surface area contributed by atoms with Gasteiger partial charge in [0.25, 0.3) is 0 Å². The molecule has 0 aliphatic carbocycles. The topological polar surface area (TPSA) is 225 Å². The molecule has 1 aliphatic rings. The van der Waals surface area contributed by atoms with Crippen LogP contribution in [0.5, 0.6) is 0 Å². The van der Waals surface area contributed by atoms with Crippen molar-refractivity contribution in [3.63, 3.8) is 0 Å². The number of rotatable bonds is 55. The Morgan fingerprint density at radius 1 is 0.395 bits per heavy atom. The Balaban J connectivity index is 2.46. The number of carbonyl (C=O) groups is 5. The Kier molecular flexibility index (Phi) is 49.4. The minimum absolute atomic E-state index is 0.185. The van der Waals surface area contributed by atoms with Crippen molar-refractivity contribution in [1.82, 2.24) is 19.6 Å². The molecule has 18 nitrogen and oxygen atoms in total. The molecule has 0 saturated carbocycles. The molecule has 0 aromatic heterocycles. The van der Waals surface area contributed by atoms with E-state index in [2.05, 4.69) is 42.4 Å². The minimum Gasteiger partial charge on any atom is -0.466 e. The monoisotopic (exact) mass is 1190 g/mol. The number of hydrogen-bond acceptors (Lipinski definition) is 20. The highest BCUT2D eigenvalue weighted by Crippen LogP contribution is 2.23. The van der Waals surface area contributed by atoms with E-state index in [4.69, 9.17) is 23.7 Å². The van der Waals surface area contributed by atoms with Crippen molar-refractivity contribution in [3.8, 4) is 0 Å². The third-order valence-electron chi connectivity index (χ3n) is 14.3. The molecule has 81 heavy (non-hydrogen) atoms. The Hall–Kier alpha value is -2.27. The summed E-state index contributed by atoms with van der Waals surface area (Å²) in [5.74, 6) is 1.87. The van der Waals surface area contributed by atoms with Gasteiger partial charge in [-0.1, -0.05) is 102 Å². The third kappa shape index (κ3) is 48.6. The molecule has 0 radical (unpaired) electrons. The molecule has 0 bridgehead atoms. The van der Waals surface area contributed by atoms with Gasteiger partial charge in [-0.25, -0.2) is 0 Å². The van der Waals surface area contributed by atoms with Crippen molar-refractivity contribution in [3.05, 3.63) is 0 Å². The van der Waals surface area contributed by atoms with Crippen molar-refractivity contribution in [1.29, 1.82) is 0 Å². The molecule has 0 spiro atoms. The van der Waals surface area contributed by atoms with E-state index in [0.29, 0.717) is 180 Å². The molecular formula is C61H116N4O14S2. The predicted octanol–water partition coefficient (Wildman–Crippen LogP) is 8.85. The van der Waals surface area contributed by atoms with E-state index in [9.17, 15) is 44.4 Å². The van der Waals surface area contributed by atoms with Crippen LogP contribution in [-0.4, -0.2) is 217 Å². The lowest BCUT2D eigenvalue weighted by Gasteiger charge is -2.34. The lowest BCUT2D eigenvalue weighted by molar-refractivity contribution is -0.145. The third-order valence-corrected chi connectivity index (χ3v) is 16.7. The van der Waals surface area contributed by atoms with Crippen molar-refractivity contribution in [2.24, 2.45) is 11.8 Å². The molecule has 0 amide bonds. The molecule has 20 heteroatoms. The first-order valence-electron chi connectivity index (χ1n) is 31.6. The zero-order valence-corrected chi connectivity index (χ0v) is 53.2. The number of carbonyl (C=O) groups excluding carboxylic acids is 5. The Morgan fingerprint density at radius 2 is 0.716 bits per heavy atom. The second-order valence-electron chi connectivity index (χ2n) is 23.1. The quantitative estimate of drug-likeness (QED) is 0.0193. The highest BCUT2D eigenvalue weighted by atomic mass is 33.1. The van der Waals surface area contributed by atoms with Gasteiger partial charge in [0.05, 0.1) is 50.8 Å². The maximum Gasteiger partial charge on any atom is 0.305 e. The normalized spacial score (nSPS) is 14.8. The molecule has 0 aromatic rings. The van der Waals surface area contributed by atoms with Crippen LogP contribution in [0, 0.1) is 11.8 Å².